The van der Waals surface area contributed by atoms with E-state index in [1.807, 2.05) is 30.4 Å². The second kappa shape index (κ2) is 7.66. The van der Waals surface area contributed by atoms with Gasteiger partial charge in [-0.05, 0) is 31.2 Å². The average molecular weight is 317 g/mol. The molecule has 0 bridgehead atoms. The molecular weight excluding hydrogens is 296 g/mol. The van der Waals surface area contributed by atoms with Crippen molar-refractivity contribution in [3.63, 3.8) is 0 Å². The Labute approximate surface area is 128 Å². The summed E-state index contributed by atoms with van der Waals surface area (Å²) >= 11 is 3.83. The van der Waals surface area contributed by atoms with Crippen molar-refractivity contribution >= 4 is 23.5 Å². The second-order valence-electron chi connectivity index (χ2n) is 4.85. The minimum atomic E-state index is -0.370. The van der Waals surface area contributed by atoms with Crippen LogP contribution in [0.3, 0.4) is 0 Å². The van der Waals surface area contributed by atoms with Crippen molar-refractivity contribution < 1.29 is 8.78 Å². The molecular formula is C15H21F2NS2. The van der Waals surface area contributed by atoms with Crippen molar-refractivity contribution in [2.45, 2.75) is 36.8 Å². The normalized spacial score (nSPS) is 24.6. The summed E-state index contributed by atoms with van der Waals surface area (Å²) in [7, 11) is 0. The van der Waals surface area contributed by atoms with E-state index in [0.29, 0.717) is 10.8 Å². The second-order valence-corrected chi connectivity index (χ2v) is 7.49. The molecule has 0 spiro atoms. The molecule has 3 unspecified atom stereocenters. The highest BCUT2D eigenvalue weighted by Crippen LogP contribution is 2.40. The summed E-state index contributed by atoms with van der Waals surface area (Å²) in [6.45, 7) is 4.92. The van der Waals surface area contributed by atoms with Gasteiger partial charge in [-0.2, -0.15) is 23.5 Å². The lowest BCUT2D eigenvalue weighted by Crippen LogP contribution is -2.39. The highest BCUT2D eigenvalue weighted by molar-refractivity contribution is 8.07. The van der Waals surface area contributed by atoms with Crippen LogP contribution in [0.1, 0.15) is 31.9 Å². The third kappa shape index (κ3) is 3.68. The molecule has 1 aromatic carbocycles. The monoisotopic (exact) mass is 317 g/mol. The van der Waals surface area contributed by atoms with Gasteiger partial charge in [0.05, 0.1) is 0 Å². The molecule has 0 amide bonds. The van der Waals surface area contributed by atoms with Gasteiger partial charge in [0.1, 0.15) is 11.6 Å². The maximum atomic E-state index is 14.1. The summed E-state index contributed by atoms with van der Waals surface area (Å²) < 4.78 is 27.6. The van der Waals surface area contributed by atoms with Crippen LogP contribution in [0.25, 0.3) is 0 Å². The number of hydrogen-bond donors (Lipinski definition) is 1. The van der Waals surface area contributed by atoms with Gasteiger partial charge in [0.25, 0.3) is 0 Å². The summed E-state index contributed by atoms with van der Waals surface area (Å²) in [5.41, 5.74) is 0.463. The molecule has 0 aliphatic carbocycles. The molecule has 0 radical (unpaired) electrons. The molecule has 2 rings (SSSR count). The zero-order valence-corrected chi connectivity index (χ0v) is 13.5. The van der Waals surface area contributed by atoms with E-state index in [-0.39, 0.29) is 22.9 Å². The van der Waals surface area contributed by atoms with Crippen LogP contribution >= 0.6 is 23.5 Å². The fourth-order valence-electron chi connectivity index (χ4n) is 2.62. The molecule has 0 saturated carbocycles. The first-order valence-electron chi connectivity index (χ1n) is 7.08. The molecule has 1 saturated heterocycles. The molecule has 1 aliphatic heterocycles. The number of halogens is 2. The maximum Gasteiger partial charge on any atom is 0.128 e. The van der Waals surface area contributed by atoms with Crippen LogP contribution in [-0.4, -0.2) is 28.6 Å². The number of thioether (sulfide) groups is 2. The van der Waals surface area contributed by atoms with E-state index in [0.717, 1.165) is 24.5 Å². The Kier molecular flexibility index (Phi) is 6.18. The van der Waals surface area contributed by atoms with E-state index in [1.54, 1.807) is 0 Å². The lowest BCUT2D eigenvalue weighted by Gasteiger charge is -2.36. The number of nitrogens with one attached hydrogen (secondary N) is 1. The Hall–Kier alpha value is -0.260. The first-order chi connectivity index (χ1) is 9.67. The van der Waals surface area contributed by atoms with Gasteiger partial charge in [-0.3, -0.25) is 0 Å². The van der Waals surface area contributed by atoms with Gasteiger partial charge in [0, 0.05) is 33.6 Å². The summed E-state index contributed by atoms with van der Waals surface area (Å²) in [5, 5.41) is 4.13. The Bertz CT molecular complexity index is 442. The van der Waals surface area contributed by atoms with E-state index in [2.05, 4.69) is 12.2 Å². The van der Waals surface area contributed by atoms with Crippen LogP contribution in [0.5, 0.6) is 0 Å². The van der Waals surface area contributed by atoms with Crippen LogP contribution < -0.4 is 5.32 Å². The SMILES string of the molecule is CCNC(c1cc(F)ccc1F)C1SCCSC1CC. The summed E-state index contributed by atoms with van der Waals surface area (Å²) in [5.74, 6) is 1.53. The van der Waals surface area contributed by atoms with Gasteiger partial charge in [0.15, 0.2) is 0 Å². The summed E-state index contributed by atoms with van der Waals surface area (Å²) in [6, 6.07) is 3.63. The van der Waals surface area contributed by atoms with Crippen LogP contribution in [-0.2, 0) is 0 Å². The van der Waals surface area contributed by atoms with Crippen molar-refractivity contribution in [1.29, 1.82) is 0 Å². The van der Waals surface area contributed by atoms with E-state index < -0.39 is 0 Å². The number of hydrogen-bond acceptors (Lipinski definition) is 3. The molecule has 1 heterocycles. The third-order valence-electron chi connectivity index (χ3n) is 3.54. The molecule has 20 heavy (non-hydrogen) atoms. The lowest BCUT2D eigenvalue weighted by molar-refractivity contribution is 0.479. The van der Waals surface area contributed by atoms with E-state index >= 15 is 0 Å². The van der Waals surface area contributed by atoms with Gasteiger partial charge in [-0.15, -0.1) is 0 Å². The minimum absolute atomic E-state index is 0.126. The van der Waals surface area contributed by atoms with Crippen LogP contribution in [0, 0.1) is 11.6 Å². The molecule has 0 aromatic heterocycles. The molecule has 1 nitrogen and oxygen atoms in total. The topological polar surface area (TPSA) is 12.0 Å². The van der Waals surface area contributed by atoms with Crippen molar-refractivity contribution in [3.8, 4) is 0 Å². The van der Waals surface area contributed by atoms with Crippen LogP contribution in [0.4, 0.5) is 8.78 Å². The van der Waals surface area contributed by atoms with E-state index in [4.69, 9.17) is 0 Å². The van der Waals surface area contributed by atoms with E-state index in [1.165, 1.54) is 18.2 Å². The number of benzene rings is 1. The van der Waals surface area contributed by atoms with Crippen molar-refractivity contribution in [2.24, 2.45) is 0 Å². The van der Waals surface area contributed by atoms with Crippen molar-refractivity contribution in [2.75, 3.05) is 18.1 Å². The van der Waals surface area contributed by atoms with Gasteiger partial charge < -0.3 is 5.32 Å². The van der Waals surface area contributed by atoms with Gasteiger partial charge in [-0.1, -0.05) is 13.8 Å². The lowest BCUT2D eigenvalue weighted by atomic mass is 9.99. The molecule has 1 N–H and O–H groups in total. The summed E-state index contributed by atoms with van der Waals surface area (Å²) in [6.07, 6.45) is 1.06. The quantitative estimate of drug-likeness (QED) is 0.872. The van der Waals surface area contributed by atoms with Crippen LogP contribution in [0.15, 0.2) is 18.2 Å². The molecule has 1 aromatic rings. The number of rotatable bonds is 5. The Balaban J connectivity index is 2.31. The molecule has 5 heteroatoms. The maximum absolute atomic E-state index is 14.1. The standard InChI is InChI=1S/C15H21F2NS2/c1-3-13-15(20-8-7-19-13)14(18-4-2)11-9-10(16)5-6-12(11)17/h5-6,9,13-15,18H,3-4,7-8H2,1-2H3. The fourth-order valence-corrected chi connectivity index (χ4v) is 5.86. The highest BCUT2D eigenvalue weighted by Gasteiger charge is 2.34. The zero-order chi connectivity index (χ0) is 14.5. The predicted molar refractivity (Wildman–Crippen MR) is 85.6 cm³/mol. The third-order valence-corrected chi connectivity index (χ3v) is 6.89. The first kappa shape index (κ1) is 16.1. The van der Waals surface area contributed by atoms with Gasteiger partial charge in [-0.25, -0.2) is 8.78 Å². The zero-order valence-electron chi connectivity index (χ0n) is 11.9. The predicted octanol–water partition coefficient (Wildman–Crippen LogP) is 4.24. The van der Waals surface area contributed by atoms with E-state index in [9.17, 15) is 8.78 Å². The van der Waals surface area contributed by atoms with Crippen molar-refractivity contribution in [1.82, 2.24) is 5.32 Å². The molecule has 3 atom stereocenters. The molecule has 1 fully saturated rings. The Morgan fingerprint density at radius 1 is 1.25 bits per heavy atom. The Morgan fingerprint density at radius 3 is 2.70 bits per heavy atom. The largest absolute Gasteiger partial charge is 0.309 e. The van der Waals surface area contributed by atoms with Gasteiger partial charge >= 0.3 is 0 Å². The van der Waals surface area contributed by atoms with Crippen molar-refractivity contribution in [3.05, 3.63) is 35.4 Å². The highest BCUT2D eigenvalue weighted by atomic mass is 32.2. The average Bonchev–Trinajstić information content (AvgIpc) is 2.47. The van der Waals surface area contributed by atoms with Crippen LogP contribution in [0.2, 0.25) is 0 Å². The van der Waals surface area contributed by atoms with Gasteiger partial charge in [0.2, 0.25) is 0 Å². The minimum Gasteiger partial charge on any atom is -0.309 e. The fraction of sp³-hybridized carbons (Fsp3) is 0.600. The first-order valence-corrected chi connectivity index (χ1v) is 9.18. The smallest absolute Gasteiger partial charge is 0.128 e. The summed E-state index contributed by atoms with van der Waals surface area (Å²) in [4.78, 5) is 0. The Morgan fingerprint density at radius 2 is 2.00 bits per heavy atom. The molecule has 1 aliphatic rings. The molecule has 112 valence electrons.